The van der Waals surface area contributed by atoms with Crippen LogP contribution >= 0.6 is 22.6 Å². The number of aliphatic carboxylic acids is 1. The SMILES string of the molecule is O=C(O)C1CCN1C1(I)CCCCC1. The lowest BCUT2D eigenvalue weighted by molar-refractivity contribution is -0.151. The van der Waals surface area contributed by atoms with Gasteiger partial charge in [0.2, 0.25) is 0 Å². The third kappa shape index (κ3) is 1.78. The molecule has 1 saturated heterocycles. The van der Waals surface area contributed by atoms with Crippen molar-refractivity contribution in [2.24, 2.45) is 0 Å². The van der Waals surface area contributed by atoms with Crippen LogP contribution in [0.2, 0.25) is 0 Å². The first kappa shape index (κ1) is 10.7. The Balaban J connectivity index is 2.02. The highest BCUT2D eigenvalue weighted by Crippen LogP contribution is 2.43. The average molecular weight is 309 g/mol. The highest BCUT2D eigenvalue weighted by Gasteiger charge is 2.46. The molecule has 0 bridgehead atoms. The zero-order chi connectivity index (χ0) is 10.2. The topological polar surface area (TPSA) is 40.5 Å². The maximum absolute atomic E-state index is 10.9. The quantitative estimate of drug-likeness (QED) is 0.483. The van der Waals surface area contributed by atoms with Crippen molar-refractivity contribution in [3.8, 4) is 0 Å². The molecule has 0 radical (unpaired) electrons. The number of carbonyl (C=O) groups is 1. The molecule has 1 unspecified atom stereocenters. The van der Waals surface area contributed by atoms with Gasteiger partial charge in [-0.05, 0) is 19.3 Å². The molecular formula is C10H16INO2. The van der Waals surface area contributed by atoms with Crippen molar-refractivity contribution in [3.05, 3.63) is 0 Å². The third-order valence-corrected chi connectivity index (χ3v) is 5.14. The summed E-state index contributed by atoms with van der Waals surface area (Å²) in [5, 5.41) is 9.00. The van der Waals surface area contributed by atoms with Crippen molar-refractivity contribution >= 4 is 28.6 Å². The molecule has 0 spiro atoms. The fourth-order valence-corrected chi connectivity index (χ4v) is 3.84. The molecule has 1 atom stereocenters. The van der Waals surface area contributed by atoms with E-state index in [4.69, 9.17) is 5.11 Å². The molecule has 3 nitrogen and oxygen atoms in total. The van der Waals surface area contributed by atoms with Crippen molar-refractivity contribution < 1.29 is 9.90 Å². The average Bonchev–Trinajstić information content (AvgIpc) is 2.00. The van der Waals surface area contributed by atoms with Gasteiger partial charge in [0.25, 0.3) is 0 Å². The fraction of sp³-hybridized carbons (Fsp3) is 0.900. The molecular weight excluding hydrogens is 293 g/mol. The first-order valence-corrected chi connectivity index (χ1v) is 6.40. The van der Waals surface area contributed by atoms with Crippen molar-refractivity contribution in [1.29, 1.82) is 0 Å². The van der Waals surface area contributed by atoms with E-state index in [2.05, 4.69) is 27.5 Å². The minimum atomic E-state index is -0.641. The molecule has 0 aromatic rings. The summed E-state index contributed by atoms with van der Waals surface area (Å²) in [6.45, 7) is 0.972. The minimum Gasteiger partial charge on any atom is -0.480 e. The number of rotatable bonds is 2. The van der Waals surface area contributed by atoms with E-state index >= 15 is 0 Å². The fourth-order valence-electron chi connectivity index (χ4n) is 2.50. The van der Waals surface area contributed by atoms with E-state index in [9.17, 15) is 4.79 Å². The molecule has 14 heavy (non-hydrogen) atoms. The molecule has 0 amide bonds. The summed E-state index contributed by atoms with van der Waals surface area (Å²) in [7, 11) is 0. The standard InChI is InChI=1S/C10H16INO2/c11-10(5-2-1-3-6-10)12-7-4-8(12)9(13)14/h8H,1-7H2,(H,13,14). The highest BCUT2D eigenvalue weighted by atomic mass is 127. The number of nitrogens with zero attached hydrogens (tertiary/aromatic N) is 1. The summed E-state index contributed by atoms with van der Waals surface area (Å²) < 4.78 is 0.150. The number of hydrogen-bond acceptors (Lipinski definition) is 2. The summed E-state index contributed by atoms with van der Waals surface area (Å²) >= 11 is 2.48. The van der Waals surface area contributed by atoms with Gasteiger partial charge in [-0.2, -0.15) is 0 Å². The lowest BCUT2D eigenvalue weighted by Crippen LogP contribution is -2.61. The Bertz CT molecular complexity index is 238. The largest absolute Gasteiger partial charge is 0.480 e. The number of carboxylic acids is 1. The molecule has 2 aliphatic rings. The predicted octanol–water partition coefficient (Wildman–Crippen LogP) is 2.24. The number of carboxylic acid groups (broad SMARTS) is 1. The van der Waals surface area contributed by atoms with Crippen LogP contribution in [0.4, 0.5) is 0 Å². The third-order valence-electron chi connectivity index (χ3n) is 3.44. The van der Waals surface area contributed by atoms with E-state index in [1.54, 1.807) is 0 Å². The Kier molecular flexibility index (Phi) is 3.02. The van der Waals surface area contributed by atoms with Crippen molar-refractivity contribution in [3.63, 3.8) is 0 Å². The summed E-state index contributed by atoms with van der Waals surface area (Å²) in [5.41, 5.74) is 0. The highest BCUT2D eigenvalue weighted by molar-refractivity contribution is 14.1. The molecule has 0 aromatic carbocycles. The first-order chi connectivity index (χ1) is 6.63. The number of alkyl halides is 1. The van der Waals surface area contributed by atoms with Crippen LogP contribution in [-0.4, -0.2) is 32.1 Å². The van der Waals surface area contributed by atoms with Gasteiger partial charge >= 0.3 is 5.97 Å². The molecule has 80 valence electrons. The van der Waals surface area contributed by atoms with E-state index in [1.807, 2.05) is 0 Å². The van der Waals surface area contributed by atoms with E-state index in [-0.39, 0.29) is 9.59 Å². The normalized spacial score (nSPS) is 32.2. The van der Waals surface area contributed by atoms with Crippen LogP contribution in [0.1, 0.15) is 38.5 Å². The van der Waals surface area contributed by atoms with E-state index in [1.165, 1.54) is 19.3 Å². The van der Waals surface area contributed by atoms with E-state index < -0.39 is 5.97 Å². The summed E-state index contributed by atoms with van der Waals surface area (Å²) in [6.07, 6.45) is 6.99. The van der Waals surface area contributed by atoms with Gasteiger partial charge < -0.3 is 5.11 Å². The van der Waals surface area contributed by atoms with Crippen molar-refractivity contribution in [2.45, 2.75) is 48.1 Å². The van der Waals surface area contributed by atoms with Gasteiger partial charge in [-0.3, -0.25) is 9.69 Å². The molecule has 1 aliphatic carbocycles. The number of likely N-dealkylation sites (tertiary alicyclic amines) is 1. The summed E-state index contributed by atoms with van der Waals surface area (Å²) in [4.78, 5) is 13.1. The molecule has 1 aliphatic heterocycles. The van der Waals surface area contributed by atoms with Crippen LogP contribution in [0.5, 0.6) is 0 Å². The van der Waals surface area contributed by atoms with Crippen LogP contribution in [0.15, 0.2) is 0 Å². The Hall–Kier alpha value is 0.160. The molecule has 4 heteroatoms. The van der Waals surface area contributed by atoms with Gasteiger partial charge in [0.15, 0.2) is 0 Å². The Morgan fingerprint density at radius 3 is 2.43 bits per heavy atom. The van der Waals surface area contributed by atoms with Gasteiger partial charge in [0, 0.05) is 6.54 Å². The first-order valence-electron chi connectivity index (χ1n) is 5.32. The van der Waals surface area contributed by atoms with Gasteiger partial charge in [0.05, 0.1) is 3.55 Å². The zero-order valence-corrected chi connectivity index (χ0v) is 10.4. The number of halogens is 1. The van der Waals surface area contributed by atoms with Gasteiger partial charge in [-0.25, -0.2) is 0 Å². The van der Waals surface area contributed by atoms with Gasteiger partial charge in [-0.15, -0.1) is 0 Å². The van der Waals surface area contributed by atoms with E-state index in [0.29, 0.717) is 0 Å². The Morgan fingerprint density at radius 2 is 2.00 bits per heavy atom. The minimum absolute atomic E-state index is 0.150. The molecule has 2 rings (SSSR count). The second-order valence-electron chi connectivity index (χ2n) is 4.31. The van der Waals surface area contributed by atoms with Crippen LogP contribution in [0.3, 0.4) is 0 Å². The summed E-state index contributed by atoms with van der Waals surface area (Å²) in [6, 6.07) is -0.204. The lowest BCUT2D eigenvalue weighted by Gasteiger charge is -2.51. The maximum Gasteiger partial charge on any atom is 0.321 e. The van der Waals surface area contributed by atoms with Crippen LogP contribution in [0.25, 0.3) is 0 Å². The van der Waals surface area contributed by atoms with Crippen LogP contribution in [-0.2, 0) is 4.79 Å². The monoisotopic (exact) mass is 309 g/mol. The maximum atomic E-state index is 10.9. The number of hydrogen-bond donors (Lipinski definition) is 1. The van der Waals surface area contributed by atoms with Crippen molar-refractivity contribution in [2.75, 3.05) is 6.54 Å². The van der Waals surface area contributed by atoms with Gasteiger partial charge in [0.1, 0.15) is 6.04 Å². The molecule has 1 saturated carbocycles. The predicted molar refractivity (Wildman–Crippen MR) is 62.6 cm³/mol. The van der Waals surface area contributed by atoms with Crippen molar-refractivity contribution in [1.82, 2.24) is 4.90 Å². The zero-order valence-electron chi connectivity index (χ0n) is 8.21. The smallest absolute Gasteiger partial charge is 0.321 e. The molecule has 2 fully saturated rings. The molecule has 0 aromatic heterocycles. The molecule has 1 N–H and O–H groups in total. The van der Waals surface area contributed by atoms with Crippen LogP contribution in [0, 0.1) is 0 Å². The second-order valence-corrected chi connectivity index (χ2v) is 6.32. The Morgan fingerprint density at radius 1 is 1.36 bits per heavy atom. The second kappa shape index (κ2) is 3.96. The van der Waals surface area contributed by atoms with E-state index in [0.717, 1.165) is 25.8 Å². The Labute approximate surface area is 98.0 Å². The van der Waals surface area contributed by atoms with Gasteiger partial charge in [-0.1, -0.05) is 41.9 Å². The van der Waals surface area contributed by atoms with Crippen LogP contribution < -0.4 is 0 Å². The summed E-state index contributed by atoms with van der Waals surface area (Å²) in [5.74, 6) is -0.641. The molecule has 1 heterocycles. The lowest BCUT2D eigenvalue weighted by atomic mass is 9.89.